The summed E-state index contributed by atoms with van der Waals surface area (Å²) in [6.07, 6.45) is 1.27. The lowest BCUT2D eigenvalue weighted by molar-refractivity contribution is -0.112. The molecule has 1 aromatic heterocycles. The number of halogens is 3. The summed E-state index contributed by atoms with van der Waals surface area (Å²) in [4.78, 5) is 23.5. The number of hydrogen-bond donors (Lipinski definition) is 2. The molecule has 1 amide bonds. The van der Waals surface area contributed by atoms with Crippen molar-refractivity contribution in [2.24, 2.45) is 0 Å². The van der Waals surface area contributed by atoms with Crippen LogP contribution in [-0.2, 0) is 4.79 Å². The maximum absolute atomic E-state index is 12.4. The van der Waals surface area contributed by atoms with Crippen LogP contribution in [0.1, 0.15) is 16.1 Å². The number of carbonyl (C=O) groups is 2. The Labute approximate surface area is 185 Å². The third kappa shape index (κ3) is 4.66. The number of carboxylic acid groups (broad SMARTS) is 1. The molecule has 0 aliphatic carbocycles. The Morgan fingerprint density at radius 1 is 1.07 bits per heavy atom. The summed E-state index contributed by atoms with van der Waals surface area (Å²) in [7, 11) is 0. The second-order valence-electron chi connectivity index (χ2n) is 5.93. The van der Waals surface area contributed by atoms with Gasteiger partial charge in [0.25, 0.3) is 5.91 Å². The average molecular weight is 462 g/mol. The van der Waals surface area contributed by atoms with Crippen molar-refractivity contribution < 1.29 is 19.1 Å². The fourth-order valence-corrected chi connectivity index (χ4v) is 3.12. The van der Waals surface area contributed by atoms with Gasteiger partial charge in [0.2, 0.25) is 0 Å². The van der Waals surface area contributed by atoms with Gasteiger partial charge in [0, 0.05) is 11.6 Å². The van der Waals surface area contributed by atoms with Crippen LogP contribution in [0.2, 0.25) is 15.1 Å². The van der Waals surface area contributed by atoms with Crippen molar-refractivity contribution in [1.29, 1.82) is 5.26 Å². The van der Waals surface area contributed by atoms with E-state index < -0.39 is 11.9 Å². The van der Waals surface area contributed by atoms with Crippen molar-refractivity contribution >= 4 is 58.4 Å². The van der Waals surface area contributed by atoms with E-state index in [-0.39, 0.29) is 37.7 Å². The fourth-order valence-electron chi connectivity index (χ4n) is 2.51. The van der Waals surface area contributed by atoms with Gasteiger partial charge in [0.05, 0.1) is 26.3 Å². The molecule has 0 atom stereocenters. The van der Waals surface area contributed by atoms with Gasteiger partial charge in [-0.1, -0.05) is 46.9 Å². The number of carbonyl (C=O) groups excluding carboxylic acids is 1. The van der Waals surface area contributed by atoms with Gasteiger partial charge in [0.1, 0.15) is 23.2 Å². The molecule has 0 saturated carbocycles. The van der Waals surface area contributed by atoms with E-state index in [9.17, 15) is 14.9 Å². The molecule has 2 N–H and O–H groups in total. The number of nitrogens with one attached hydrogen (secondary N) is 1. The first-order chi connectivity index (χ1) is 14.3. The number of nitriles is 1. The lowest BCUT2D eigenvalue weighted by Gasteiger charge is -2.07. The summed E-state index contributed by atoms with van der Waals surface area (Å²) in [5.41, 5.74) is 0.559. The number of amides is 1. The molecule has 150 valence electrons. The van der Waals surface area contributed by atoms with Gasteiger partial charge in [-0.2, -0.15) is 5.26 Å². The van der Waals surface area contributed by atoms with Crippen molar-refractivity contribution in [2.75, 3.05) is 5.32 Å². The predicted molar refractivity (Wildman–Crippen MR) is 115 cm³/mol. The molecule has 0 spiro atoms. The monoisotopic (exact) mass is 460 g/mol. The highest BCUT2D eigenvalue weighted by Gasteiger charge is 2.15. The molecule has 0 fully saturated rings. The van der Waals surface area contributed by atoms with E-state index in [2.05, 4.69) is 5.32 Å². The summed E-state index contributed by atoms with van der Waals surface area (Å²) in [6.45, 7) is 0. The molecule has 0 radical (unpaired) electrons. The summed E-state index contributed by atoms with van der Waals surface area (Å²) in [6, 6.07) is 14.1. The van der Waals surface area contributed by atoms with E-state index in [1.165, 1.54) is 18.2 Å². The minimum absolute atomic E-state index is 0.0322. The molecule has 3 aromatic rings. The van der Waals surface area contributed by atoms with E-state index >= 15 is 0 Å². The normalized spacial score (nSPS) is 11.1. The number of carboxylic acids is 1. The highest BCUT2D eigenvalue weighted by atomic mass is 35.5. The Kier molecular flexibility index (Phi) is 6.48. The van der Waals surface area contributed by atoms with Crippen LogP contribution in [0, 0.1) is 11.3 Å². The minimum Gasteiger partial charge on any atom is -0.478 e. The highest BCUT2D eigenvalue weighted by molar-refractivity contribution is 6.44. The van der Waals surface area contributed by atoms with Gasteiger partial charge >= 0.3 is 5.97 Å². The van der Waals surface area contributed by atoms with Crippen molar-refractivity contribution in [3.8, 4) is 17.4 Å². The van der Waals surface area contributed by atoms with Crippen LogP contribution in [0.25, 0.3) is 17.4 Å². The number of anilines is 1. The maximum atomic E-state index is 12.4. The zero-order valence-corrected chi connectivity index (χ0v) is 17.2. The number of rotatable bonds is 5. The number of aromatic carboxylic acids is 1. The second kappa shape index (κ2) is 9.06. The molecule has 0 bridgehead atoms. The summed E-state index contributed by atoms with van der Waals surface area (Å²) >= 11 is 17.9. The first-order valence-electron chi connectivity index (χ1n) is 8.30. The molecule has 1 heterocycles. The number of benzene rings is 2. The van der Waals surface area contributed by atoms with Crippen molar-refractivity contribution in [2.45, 2.75) is 0 Å². The molecule has 0 unspecified atom stereocenters. The highest BCUT2D eigenvalue weighted by Crippen LogP contribution is 2.30. The summed E-state index contributed by atoms with van der Waals surface area (Å²) in [5, 5.41) is 21.4. The minimum atomic E-state index is -1.14. The molecular formula is C21H11Cl3N2O4. The Balaban J connectivity index is 1.84. The third-order valence-electron chi connectivity index (χ3n) is 3.96. The molecule has 3 rings (SSSR count). The van der Waals surface area contributed by atoms with Gasteiger partial charge in [-0.15, -0.1) is 0 Å². The Bertz CT molecular complexity index is 1230. The Hall–Kier alpha value is -3.24. The fraction of sp³-hybridized carbons (Fsp3) is 0. The molecule has 0 saturated heterocycles. The van der Waals surface area contributed by atoms with E-state index in [1.54, 1.807) is 36.4 Å². The van der Waals surface area contributed by atoms with Crippen molar-refractivity contribution in [1.82, 2.24) is 0 Å². The number of hydrogen-bond acceptors (Lipinski definition) is 4. The predicted octanol–water partition coefficient (Wildman–Crippen LogP) is 6.15. The molecule has 0 aliphatic rings. The van der Waals surface area contributed by atoms with Crippen LogP contribution in [-0.4, -0.2) is 17.0 Å². The zero-order valence-electron chi connectivity index (χ0n) is 14.9. The van der Waals surface area contributed by atoms with Gasteiger partial charge in [-0.25, -0.2) is 4.79 Å². The largest absolute Gasteiger partial charge is 0.478 e. The maximum Gasteiger partial charge on any atom is 0.337 e. The molecule has 6 nitrogen and oxygen atoms in total. The molecule has 0 aliphatic heterocycles. The lowest BCUT2D eigenvalue weighted by atomic mass is 10.1. The number of nitrogens with zero attached hydrogens (tertiary/aromatic N) is 1. The third-order valence-corrected chi connectivity index (χ3v) is 5.09. The quantitative estimate of drug-likeness (QED) is 0.350. The van der Waals surface area contributed by atoms with Crippen LogP contribution in [0.5, 0.6) is 0 Å². The molecule has 2 aromatic carbocycles. The van der Waals surface area contributed by atoms with Gasteiger partial charge in [0.15, 0.2) is 0 Å². The van der Waals surface area contributed by atoms with E-state index in [0.29, 0.717) is 11.3 Å². The van der Waals surface area contributed by atoms with Crippen LogP contribution in [0.15, 0.2) is 58.5 Å². The van der Waals surface area contributed by atoms with E-state index in [4.69, 9.17) is 44.3 Å². The standard InChI is InChI=1S/C21H11Cl3N2O4/c22-15-2-1-3-17(19(15)24)26-20(27)12(10-25)8-13-5-7-18(30-13)11-4-6-14(21(28)29)16(23)9-11/h1-9H,(H,26,27)(H,28,29)/b12-8-. The lowest BCUT2D eigenvalue weighted by Crippen LogP contribution is -2.13. The van der Waals surface area contributed by atoms with Crippen LogP contribution < -0.4 is 5.32 Å². The number of furan rings is 1. The van der Waals surface area contributed by atoms with Gasteiger partial charge in [-0.05, 0) is 36.4 Å². The van der Waals surface area contributed by atoms with Crippen LogP contribution in [0.3, 0.4) is 0 Å². The van der Waals surface area contributed by atoms with Crippen LogP contribution in [0.4, 0.5) is 5.69 Å². The molecular weight excluding hydrogens is 451 g/mol. The van der Waals surface area contributed by atoms with Crippen LogP contribution >= 0.6 is 34.8 Å². The first-order valence-corrected chi connectivity index (χ1v) is 9.43. The Morgan fingerprint density at radius 2 is 1.83 bits per heavy atom. The van der Waals surface area contributed by atoms with Gasteiger partial charge in [-0.3, -0.25) is 4.79 Å². The smallest absolute Gasteiger partial charge is 0.337 e. The first kappa shape index (κ1) is 21.5. The van der Waals surface area contributed by atoms with Gasteiger partial charge < -0.3 is 14.8 Å². The zero-order chi connectivity index (χ0) is 21.8. The van der Waals surface area contributed by atoms with Crippen molar-refractivity contribution in [3.05, 3.63) is 80.5 Å². The summed E-state index contributed by atoms with van der Waals surface area (Å²) in [5.74, 6) is -1.20. The molecule has 9 heteroatoms. The summed E-state index contributed by atoms with van der Waals surface area (Å²) < 4.78 is 5.64. The average Bonchev–Trinajstić information content (AvgIpc) is 3.18. The molecule has 30 heavy (non-hydrogen) atoms. The van der Waals surface area contributed by atoms with E-state index in [1.807, 2.05) is 6.07 Å². The van der Waals surface area contributed by atoms with E-state index in [0.717, 1.165) is 0 Å². The van der Waals surface area contributed by atoms with Crippen molar-refractivity contribution in [3.63, 3.8) is 0 Å². The second-order valence-corrected chi connectivity index (χ2v) is 7.12. The SMILES string of the molecule is N#C/C(=C/c1ccc(-c2ccc(C(=O)O)c(Cl)c2)o1)C(=O)Nc1cccc(Cl)c1Cl. The topological polar surface area (TPSA) is 103 Å². The Morgan fingerprint density at radius 3 is 2.50 bits per heavy atom.